The van der Waals surface area contributed by atoms with Crippen molar-refractivity contribution in [2.75, 3.05) is 19.6 Å². The Bertz CT molecular complexity index is 1110. The molecule has 0 spiro atoms. The Morgan fingerprint density at radius 1 is 1.03 bits per heavy atom. The molecule has 2 saturated heterocycles. The summed E-state index contributed by atoms with van der Waals surface area (Å²) in [6.07, 6.45) is 0. The fourth-order valence-electron chi connectivity index (χ4n) is 4.94. The number of likely N-dealkylation sites (tertiary alicyclic amines) is 1. The zero-order valence-corrected chi connectivity index (χ0v) is 17.1. The van der Waals surface area contributed by atoms with Crippen LogP contribution < -0.4 is 10.9 Å². The van der Waals surface area contributed by atoms with E-state index in [1.54, 1.807) is 17.7 Å². The average molecular weight is 410 g/mol. The number of nitrogens with one attached hydrogen (secondary N) is 1. The molecule has 5 rings (SSSR count). The first-order valence-corrected chi connectivity index (χ1v) is 9.80. The summed E-state index contributed by atoms with van der Waals surface area (Å²) in [5, 5.41) is 4.37. The molecule has 0 aliphatic carbocycles. The number of aryl methyl sites for hydroxylation is 1. The number of pyridine rings is 1. The fraction of sp³-hybridized carbons (Fsp3) is 0.304. The lowest BCUT2D eigenvalue weighted by Crippen LogP contribution is -2.38. The van der Waals surface area contributed by atoms with Gasteiger partial charge in [-0.15, -0.1) is 12.4 Å². The van der Waals surface area contributed by atoms with Gasteiger partial charge in [-0.05, 0) is 29.0 Å². The van der Waals surface area contributed by atoms with Crippen molar-refractivity contribution in [3.05, 3.63) is 82.1 Å². The van der Waals surface area contributed by atoms with Crippen molar-refractivity contribution in [3.8, 4) is 0 Å². The van der Waals surface area contributed by atoms with Gasteiger partial charge in [0.2, 0.25) is 0 Å². The highest BCUT2D eigenvalue weighted by Gasteiger charge is 2.47. The van der Waals surface area contributed by atoms with Crippen LogP contribution in [0.3, 0.4) is 0 Å². The van der Waals surface area contributed by atoms with E-state index in [4.69, 9.17) is 0 Å². The molecule has 2 fully saturated rings. The van der Waals surface area contributed by atoms with Crippen LogP contribution in [0.2, 0.25) is 0 Å². The van der Waals surface area contributed by atoms with E-state index in [2.05, 4.69) is 17.4 Å². The van der Waals surface area contributed by atoms with Crippen LogP contribution in [0.15, 0.2) is 65.5 Å². The van der Waals surface area contributed by atoms with Gasteiger partial charge in [0.1, 0.15) is 5.56 Å². The molecule has 0 bridgehead atoms. The molecular weight excluding hydrogens is 386 g/mol. The highest BCUT2D eigenvalue weighted by atomic mass is 35.5. The van der Waals surface area contributed by atoms with E-state index in [9.17, 15) is 9.59 Å². The predicted octanol–water partition coefficient (Wildman–Crippen LogP) is 2.99. The number of aromatic nitrogens is 1. The molecule has 2 aliphatic rings. The van der Waals surface area contributed by atoms with E-state index in [1.807, 2.05) is 47.4 Å². The molecule has 2 aromatic carbocycles. The van der Waals surface area contributed by atoms with Crippen LogP contribution in [-0.2, 0) is 7.05 Å². The molecule has 0 radical (unpaired) electrons. The molecule has 29 heavy (non-hydrogen) atoms. The molecule has 150 valence electrons. The number of benzene rings is 2. The zero-order valence-electron chi connectivity index (χ0n) is 16.2. The number of rotatable bonds is 2. The van der Waals surface area contributed by atoms with Crippen molar-refractivity contribution in [1.82, 2.24) is 14.8 Å². The van der Waals surface area contributed by atoms with Gasteiger partial charge < -0.3 is 14.8 Å². The summed E-state index contributed by atoms with van der Waals surface area (Å²) in [6, 6.07) is 19.7. The second kappa shape index (κ2) is 7.65. The molecule has 3 aromatic rings. The Morgan fingerprint density at radius 2 is 1.76 bits per heavy atom. The first kappa shape index (κ1) is 19.7. The number of fused-ring (bicyclic) bond motifs is 2. The number of hydrogen-bond donors (Lipinski definition) is 1. The van der Waals surface area contributed by atoms with Crippen LogP contribution in [0.4, 0.5) is 0 Å². The largest absolute Gasteiger partial charge is 0.331 e. The van der Waals surface area contributed by atoms with E-state index < -0.39 is 0 Å². The van der Waals surface area contributed by atoms with Gasteiger partial charge >= 0.3 is 0 Å². The molecule has 0 saturated carbocycles. The maximum Gasteiger partial charge on any atom is 0.263 e. The van der Waals surface area contributed by atoms with E-state index >= 15 is 0 Å². The van der Waals surface area contributed by atoms with Crippen LogP contribution in [0, 0.1) is 11.8 Å². The minimum atomic E-state index is -0.231. The van der Waals surface area contributed by atoms with Gasteiger partial charge in [0.05, 0.1) is 11.6 Å². The lowest BCUT2D eigenvalue weighted by Gasteiger charge is -2.28. The summed E-state index contributed by atoms with van der Waals surface area (Å²) < 4.78 is 1.58. The molecule has 6 heteroatoms. The molecule has 1 amide bonds. The van der Waals surface area contributed by atoms with Crippen LogP contribution in [0.1, 0.15) is 22.0 Å². The van der Waals surface area contributed by atoms with Gasteiger partial charge in [-0.2, -0.15) is 0 Å². The quantitative estimate of drug-likeness (QED) is 0.708. The molecular formula is C23H24ClN3O2. The van der Waals surface area contributed by atoms with Gasteiger partial charge in [0, 0.05) is 32.6 Å². The molecule has 3 heterocycles. The zero-order chi connectivity index (χ0) is 19.3. The maximum absolute atomic E-state index is 13.6. The number of carbonyl (C=O) groups is 1. The summed E-state index contributed by atoms with van der Waals surface area (Å²) in [5.41, 5.74) is 2.01. The summed E-state index contributed by atoms with van der Waals surface area (Å²) >= 11 is 0. The van der Waals surface area contributed by atoms with Crippen molar-refractivity contribution in [1.29, 1.82) is 0 Å². The van der Waals surface area contributed by atoms with Gasteiger partial charge in [-0.3, -0.25) is 9.59 Å². The number of para-hydroxylation sites is 1. The van der Waals surface area contributed by atoms with E-state index in [1.165, 1.54) is 0 Å². The molecule has 1 aromatic heterocycles. The predicted molar refractivity (Wildman–Crippen MR) is 117 cm³/mol. The number of halogens is 1. The van der Waals surface area contributed by atoms with Gasteiger partial charge in [0.25, 0.3) is 11.5 Å². The lowest BCUT2D eigenvalue weighted by molar-refractivity contribution is 0.0712. The van der Waals surface area contributed by atoms with Crippen LogP contribution in [-0.4, -0.2) is 35.0 Å². The SMILES string of the molecule is Cl.Cn1c(=O)c(C(=O)N2C[C@@H]3CNC[C@@H]3[C@@H]2c2ccccc2)cc2ccccc21. The Morgan fingerprint density at radius 3 is 2.55 bits per heavy atom. The van der Waals surface area contributed by atoms with Crippen LogP contribution in [0.5, 0.6) is 0 Å². The molecule has 0 unspecified atom stereocenters. The average Bonchev–Trinajstić information content (AvgIpc) is 3.32. The van der Waals surface area contributed by atoms with Crippen molar-refractivity contribution < 1.29 is 4.79 Å². The second-order valence-electron chi connectivity index (χ2n) is 7.88. The summed E-state index contributed by atoms with van der Waals surface area (Å²) in [4.78, 5) is 28.5. The van der Waals surface area contributed by atoms with Crippen molar-refractivity contribution in [3.63, 3.8) is 0 Å². The Kier molecular flexibility index (Phi) is 5.19. The van der Waals surface area contributed by atoms with E-state index in [0.29, 0.717) is 18.4 Å². The maximum atomic E-state index is 13.6. The highest BCUT2D eigenvalue weighted by Crippen LogP contribution is 2.43. The molecule has 5 nitrogen and oxygen atoms in total. The monoisotopic (exact) mass is 409 g/mol. The smallest absolute Gasteiger partial charge is 0.263 e. The normalized spacial score (nSPS) is 23.1. The number of hydrogen-bond acceptors (Lipinski definition) is 3. The van der Waals surface area contributed by atoms with E-state index in [-0.39, 0.29) is 35.5 Å². The first-order valence-electron chi connectivity index (χ1n) is 9.80. The Balaban J connectivity index is 0.00000205. The minimum Gasteiger partial charge on any atom is -0.331 e. The van der Waals surface area contributed by atoms with Crippen molar-refractivity contribution >= 4 is 29.2 Å². The molecule has 1 N–H and O–H groups in total. The van der Waals surface area contributed by atoms with Crippen LogP contribution >= 0.6 is 12.4 Å². The standard InChI is InChI=1S/C23H23N3O2.ClH/c1-25-20-10-6-5-9-16(20)11-18(22(25)27)23(28)26-14-17-12-24-13-19(17)21(26)15-7-3-2-4-8-15;/h2-11,17,19,21,24H,12-14H2,1H3;1H/t17-,19-,21-;/m0./s1. The third-order valence-electron chi connectivity index (χ3n) is 6.33. The van der Waals surface area contributed by atoms with Gasteiger partial charge in [-0.25, -0.2) is 0 Å². The topological polar surface area (TPSA) is 54.3 Å². The third-order valence-corrected chi connectivity index (χ3v) is 6.33. The number of nitrogens with zero attached hydrogens (tertiary/aromatic N) is 2. The number of amides is 1. The second-order valence-corrected chi connectivity index (χ2v) is 7.88. The summed E-state index contributed by atoms with van der Waals surface area (Å²) in [6.45, 7) is 2.52. The molecule has 3 atom stereocenters. The molecule has 2 aliphatic heterocycles. The fourth-order valence-corrected chi connectivity index (χ4v) is 4.94. The van der Waals surface area contributed by atoms with Gasteiger partial charge in [0.15, 0.2) is 0 Å². The third kappa shape index (κ3) is 3.15. The minimum absolute atomic E-state index is 0. The Labute approximate surface area is 175 Å². The van der Waals surface area contributed by atoms with Crippen molar-refractivity contribution in [2.45, 2.75) is 6.04 Å². The Hall–Kier alpha value is -2.63. The van der Waals surface area contributed by atoms with E-state index in [0.717, 1.165) is 29.6 Å². The summed E-state index contributed by atoms with van der Waals surface area (Å²) in [7, 11) is 1.73. The number of carbonyl (C=O) groups excluding carboxylic acids is 1. The lowest BCUT2D eigenvalue weighted by atomic mass is 9.89. The van der Waals surface area contributed by atoms with Gasteiger partial charge in [-0.1, -0.05) is 48.5 Å². The highest BCUT2D eigenvalue weighted by molar-refractivity contribution is 5.97. The summed E-state index contributed by atoms with van der Waals surface area (Å²) in [5.74, 6) is 0.656. The van der Waals surface area contributed by atoms with Crippen LogP contribution in [0.25, 0.3) is 10.9 Å². The first-order chi connectivity index (χ1) is 13.6. The van der Waals surface area contributed by atoms with Crippen molar-refractivity contribution in [2.24, 2.45) is 18.9 Å².